The zero-order chi connectivity index (χ0) is 15.9. The summed E-state index contributed by atoms with van der Waals surface area (Å²) in [6, 6.07) is 6.53. The zero-order valence-electron chi connectivity index (χ0n) is 12.3. The fourth-order valence-corrected chi connectivity index (χ4v) is 2.44. The molecule has 2 N–H and O–H groups in total. The Morgan fingerprint density at radius 2 is 2.00 bits per heavy atom. The number of benzene rings is 1. The minimum absolute atomic E-state index is 0.164. The molecule has 0 aliphatic carbocycles. The van der Waals surface area contributed by atoms with Gasteiger partial charge in [-0.1, -0.05) is 6.92 Å². The molecule has 2 amide bonds. The Hall–Kier alpha value is -2.89. The number of nitrogens with two attached hydrogens (primary N) is 1. The zero-order valence-corrected chi connectivity index (χ0v) is 12.3. The summed E-state index contributed by atoms with van der Waals surface area (Å²) in [4.78, 5) is 30.2. The van der Waals surface area contributed by atoms with E-state index in [4.69, 9.17) is 10.5 Å². The van der Waals surface area contributed by atoms with Gasteiger partial charge in [-0.3, -0.25) is 9.59 Å². The van der Waals surface area contributed by atoms with Crippen LogP contribution in [-0.2, 0) is 6.42 Å². The van der Waals surface area contributed by atoms with Crippen LogP contribution in [0.2, 0.25) is 0 Å². The van der Waals surface area contributed by atoms with Gasteiger partial charge in [-0.2, -0.15) is 0 Å². The summed E-state index contributed by atoms with van der Waals surface area (Å²) in [5.74, 6) is -0.302. The van der Waals surface area contributed by atoms with Crippen LogP contribution in [-0.4, -0.2) is 23.9 Å². The first-order valence-corrected chi connectivity index (χ1v) is 6.88. The van der Waals surface area contributed by atoms with E-state index < -0.39 is 11.8 Å². The fourth-order valence-electron chi connectivity index (χ4n) is 2.44. The maximum Gasteiger partial charge on any atom is 0.284 e. The number of hydrogen-bond acceptors (Lipinski definition) is 5. The number of carbonyl (C=O) groups excluding carboxylic acids is 2. The van der Waals surface area contributed by atoms with Gasteiger partial charge in [0, 0.05) is 12.3 Å². The molecule has 2 heterocycles. The van der Waals surface area contributed by atoms with Gasteiger partial charge in [-0.15, -0.1) is 0 Å². The minimum atomic E-state index is -0.459. The van der Waals surface area contributed by atoms with Crippen molar-refractivity contribution in [2.75, 3.05) is 17.7 Å². The van der Waals surface area contributed by atoms with E-state index in [1.807, 2.05) is 6.92 Å². The summed E-state index contributed by atoms with van der Waals surface area (Å²) in [7, 11) is 1.52. The summed E-state index contributed by atoms with van der Waals surface area (Å²) in [6.07, 6.45) is 2.36. The average Bonchev–Trinajstić information content (AvgIpc) is 2.78. The van der Waals surface area contributed by atoms with Crippen molar-refractivity contribution in [2.45, 2.75) is 13.3 Å². The van der Waals surface area contributed by atoms with Crippen LogP contribution in [0.5, 0.6) is 5.75 Å². The molecule has 1 aromatic heterocycles. The number of aryl methyl sites for hydroxylation is 1. The lowest BCUT2D eigenvalue weighted by Crippen LogP contribution is -2.30. The lowest BCUT2D eigenvalue weighted by atomic mass is 10.1. The number of pyridine rings is 1. The number of methoxy groups -OCH3 is 1. The Bertz CT molecular complexity index is 786. The number of amides is 2. The van der Waals surface area contributed by atoms with Crippen molar-refractivity contribution in [2.24, 2.45) is 0 Å². The Morgan fingerprint density at radius 3 is 2.64 bits per heavy atom. The van der Waals surface area contributed by atoms with E-state index in [0.29, 0.717) is 22.7 Å². The number of nitrogen functional groups attached to an aromatic ring is 1. The molecular weight excluding hydrogens is 282 g/mol. The molecule has 6 heteroatoms. The second-order valence-corrected chi connectivity index (χ2v) is 4.96. The Kier molecular flexibility index (Phi) is 3.29. The molecule has 0 saturated heterocycles. The number of carbonyl (C=O) groups is 2. The van der Waals surface area contributed by atoms with Crippen LogP contribution in [0.4, 0.5) is 11.4 Å². The Labute approximate surface area is 127 Å². The molecule has 2 aromatic rings. The average molecular weight is 297 g/mol. The van der Waals surface area contributed by atoms with Gasteiger partial charge in [-0.25, -0.2) is 9.88 Å². The lowest BCUT2D eigenvalue weighted by molar-refractivity contribution is 0.0925. The highest BCUT2D eigenvalue weighted by Crippen LogP contribution is 2.33. The first kappa shape index (κ1) is 14.1. The van der Waals surface area contributed by atoms with Crippen molar-refractivity contribution < 1.29 is 14.3 Å². The molecule has 0 saturated carbocycles. The van der Waals surface area contributed by atoms with E-state index in [1.54, 1.807) is 30.5 Å². The summed E-state index contributed by atoms with van der Waals surface area (Å²) in [6.45, 7) is 1.96. The lowest BCUT2D eigenvalue weighted by Gasteiger charge is -2.16. The van der Waals surface area contributed by atoms with Gasteiger partial charge >= 0.3 is 0 Å². The monoisotopic (exact) mass is 297 g/mol. The number of hydrogen-bond donors (Lipinski definition) is 1. The predicted octanol–water partition coefficient (Wildman–Crippen LogP) is 2.04. The van der Waals surface area contributed by atoms with E-state index >= 15 is 0 Å². The number of nitrogens with zero attached hydrogens (tertiary/aromatic N) is 2. The number of fused-ring (bicyclic) bond motifs is 1. The number of aromatic nitrogens is 1. The number of anilines is 2. The number of rotatable bonds is 3. The highest BCUT2D eigenvalue weighted by atomic mass is 16.5. The van der Waals surface area contributed by atoms with Gasteiger partial charge in [0.1, 0.15) is 11.4 Å². The van der Waals surface area contributed by atoms with Gasteiger partial charge in [0.25, 0.3) is 11.8 Å². The molecule has 0 bridgehead atoms. The van der Waals surface area contributed by atoms with E-state index in [0.717, 1.165) is 16.9 Å². The molecule has 1 aliphatic rings. The van der Waals surface area contributed by atoms with Crippen molar-refractivity contribution in [1.82, 2.24) is 4.98 Å². The van der Waals surface area contributed by atoms with Crippen LogP contribution in [0.25, 0.3) is 0 Å². The smallest absolute Gasteiger partial charge is 0.284 e. The van der Waals surface area contributed by atoms with Gasteiger partial charge in [-0.05, 0) is 30.2 Å². The van der Waals surface area contributed by atoms with Crippen molar-refractivity contribution in [3.63, 3.8) is 0 Å². The largest absolute Gasteiger partial charge is 0.497 e. The molecule has 0 atom stereocenters. The molecule has 0 radical (unpaired) electrons. The Morgan fingerprint density at radius 1 is 1.23 bits per heavy atom. The first-order chi connectivity index (χ1) is 10.6. The fraction of sp³-hybridized carbons (Fsp3) is 0.188. The van der Waals surface area contributed by atoms with Crippen molar-refractivity contribution >= 4 is 23.2 Å². The van der Waals surface area contributed by atoms with E-state index in [1.165, 1.54) is 7.11 Å². The van der Waals surface area contributed by atoms with Crippen molar-refractivity contribution in [3.05, 3.63) is 47.3 Å². The second-order valence-electron chi connectivity index (χ2n) is 4.96. The van der Waals surface area contributed by atoms with E-state index in [9.17, 15) is 9.59 Å². The minimum Gasteiger partial charge on any atom is -0.497 e. The van der Waals surface area contributed by atoms with Gasteiger partial charge in [0.2, 0.25) is 0 Å². The third-order valence-corrected chi connectivity index (χ3v) is 3.67. The molecule has 3 rings (SSSR count). The van der Waals surface area contributed by atoms with Crippen LogP contribution >= 0.6 is 0 Å². The topological polar surface area (TPSA) is 85.5 Å². The van der Waals surface area contributed by atoms with Gasteiger partial charge in [0.05, 0.1) is 24.0 Å². The van der Waals surface area contributed by atoms with Crippen LogP contribution in [0.1, 0.15) is 33.3 Å². The molecule has 6 nitrogen and oxygen atoms in total. The first-order valence-electron chi connectivity index (χ1n) is 6.88. The normalized spacial score (nSPS) is 13.5. The predicted molar refractivity (Wildman–Crippen MR) is 82.2 cm³/mol. The molecule has 1 aromatic carbocycles. The molecule has 112 valence electrons. The molecule has 0 fully saturated rings. The van der Waals surface area contributed by atoms with Gasteiger partial charge < -0.3 is 10.5 Å². The maximum atomic E-state index is 12.6. The highest BCUT2D eigenvalue weighted by molar-refractivity contribution is 6.34. The van der Waals surface area contributed by atoms with Crippen molar-refractivity contribution in [3.8, 4) is 5.75 Å². The van der Waals surface area contributed by atoms with E-state index in [2.05, 4.69) is 4.98 Å². The summed E-state index contributed by atoms with van der Waals surface area (Å²) in [5, 5.41) is 0. The number of imide groups is 1. The van der Waals surface area contributed by atoms with E-state index in [-0.39, 0.29) is 5.69 Å². The summed E-state index contributed by atoms with van der Waals surface area (Å²) in [5.41, 5.74) is 7.97. The molecule has 0 unspecified atom stereocenters. The maximum absolute atomic E-state index is 12.6. The third-order valence-electron chi connectivity index (χ3n) is 3.67. The number of ether oxygens (including phenoxy) is 1. The second kappa shape index (κ2) is 5.14. The van der Waals surface area contributed by atoms with Gasteiger partial charge in [0.15, 0.2) is 0 Å². The SMILES string of the molecule is CCc1cnc2c(c1)C(=O)N(c1ccc(OC)cc1N)C2=O. The summed E-state index contributed by atoms with van der Waals surface area (Å²) >= 11 is 0. The third kappa shape index (κ3) is 2.00. The standard InChI is InChI=1S/C16H15N3O3/c1-3-9-6-11-14(18-8-9)16(21)19(15(11)20)13-5-4-10(22-2)7-12(13)17/h4-8H,3,17H2,1-2H3. The summed E-state index contributed by atoms with van der Waals surface area (Å²) < 4.78 is 5.08. The van der Waals surface area contributed by atoms with Crippen LogP contribution < -0.4 is 15.4 Å². The molecular formula is C16H15N3O3. The Balaban J connectivity index is 2.07. The highest BCUT2D eigenvalue weighted by Gasteiger charge is 2.39. The quantitative estimate of drug-likeness (QED) is 0.692. The van der Waals surface area contributed by atoms with Crippen molar-refractivity contribution in [1.29, 1.82) is 0 Å². The van der Waals surface area contributed by atoms with Crippen LogP contribution in [0, 0.1) is 0 Å². The van der Waals surface area contributed by atoms with Crippen LogP contribution in [0.3, 0.4) is 0 Å². The molecule has 0 spiro atoms. The molecule has 22 heavy (non-hydrogen) atoms. The van der Waals surface area contributed by atoms with Crippen LogP contribution in [0.15, 0.2) is 30.5 Å². The molecule has 1 aliphatic heterocycles.